The summed E-state index contributed by atoms with van der Waals surface area (Å²) >= 11 is 0. The molecule has 0 bridgehead atoms. The predicted molar refractivity (Wildman–Crippen MR) is 80.1 cm³/mol. The number of hydrogen-bond acceptors (Lipinski definition) is 2. The molecule has 106 valence electrons. The summed E-state index contributed by atoms with van der Waals surface area (Å²) in [6.07, 6.45) is 6.12. The van der Waals surface area contributed by atoms with Crippen molar-refractivity contribution in [3.63, 3.8) is 0 Å². The Bertz CT molecular complexity index is 383. The normalized spacial score (nSPS) is 20.9. The Balaban J connectivity index is 1.88. The quantitative estimate of drug-likeness (QED) is 0.844. The smallest absolute Gasteiger partial charge is 0.0576 e. The topological polar surface area (TPSA) is 35.2 Å². The molecule has 1 aromatic rings. The molecule has 0 amide bonds. The summed E-state index contributed by atoms with van der Waals surface area (Å²) in [6, 6.07) is 8.93. The van der Waals surface area contributed by atoms with Gasteiger partial charge in [-0.3, -0.25) is 0 Å². The summed E-state index contributed by atoms with van der Waals surface area (Å²) in [6.45, 7) is 5.44. The van der Waals surface area contributed by atoms with Crippen molar-refractivity contribution < 1.29 is 4.74 Å². The van der Waals surface area contributed by atoms with Crippen molar-refractivity contribution in [1.82, 2.24) is 0 Å². The van der Waals surface area contributed by atoms with E-state index in [9.17, 15) is 0 Å². The highest BCUT2D eigenvalue weighted by Crippen LogP contribution is 2.23. The Kier molecular flexibility index (Phi) is 5.41. The molecule has 0 radical (unpaired) electrons. The standard InChI is InChI=1S/C17H27NO/c1-13(2)11-14-5-3-6-15(12-14)17(18)9-8-16-7-4-10-19-16/h3,5-6,12-13,16-17H,4,7-11,18H2,1-2H3. The molecule has 2 unspecified atom stereocenters. The van der Waals surface area contributed by atoms with Crippen LogP contribution in [0.1, 0.15) is 56.7 Å². The minimum atomic E-state index is 0.149. The molecule has 1 heterocycles. The van der Waals surface area contributed by atoms with Crippen LogP contribution in [0, 0.1) is 5.92 Å². The molecule has 1 aliphatic rings. The van der Waals surface area contributed by atoms with Gasteiger partial charge in [0.2, 0.25) is 0 Å². The highest BCUT2D eigenvalue weighted by Gasteiger charge is 2.17. The maximum Gasteiger partial charge on any atom is 0.0576 e. The molecule has 2 heteroatoms. The first kappa shape index (κ1) is 14.5. The molecule has 1 fully saturated rings. The van der Waals surface area contributed by atoms with Crippen molar-refractivity contribution in [2.24, 2.45) is 11.7 Å². The maximum atomic E-state index is 6.32. The average molecular weight is 261 g/mol. The molecular weight excluding hydrogens is 234 g/mol. The zero-order chi connectivity index (χ0) is 13.7. The largest absolute Gasteiger partial charge is 0.378 e. The summed E-state index contributed by atoms with van der Waals surface area (Å²) < 4.78 is 5.66. The van der Waals surface area contributed by atoms with E-state index in [2.05, 4.69) is 38.1 Å². The fourth-order valence-corrected chi connectivity index (χ4v) is 2.83. The van der Waals surface area contributed by atoms with E-state index in [1.54, 1.807) is 0 Å². The van der Waals surface area contributed by atoms with Gasteiger partial charge < -0.3 is 10.5 Å². The molecule has 0 aliphatic carbocycles. The SMILES string of the molecule is CC(C)Cc1cccc(C(N)CCC2CCCO2)c1. The zero-order valence-corrected chi connectivity index (χ0v) is 12.3. The third-order valence-electron chi connectivity index (χ3n) is 3.85. The number of hydrogen-bond donors (Lipinski definition) is 1. The summed E-state index contributed by atoms with van der Waals surface area (Å²) in [4.78, 5) is 0. The van der Waals surface area contributed by atoms with Crippen LogP contribution < -0.4 is 5.73 Å². The Morgan fingerprint density at radius 1 is 1.37 bits per heavy atom. The fourth-order valence-electron chi connectivity index (χ4n) is 2.83. The van der Waals surface area contributed by atoms with Crippen LogP contribution in [0.15, 0.2) is 24.3 Å². The van der Waals surface area contributed by atoms with Gasteiger partial charge in [-0.25, -0.2) is 0 Å². The lowest BCUT2D eigenvalue weighted by Crippen LogP contribution is -2.14. The molecule has 0 aromatic heterocycles. The lowest BCUT2D eigenvalue weighted by Gasteiger charge is -2.16. The molecule has 1 aliphatic heterocycles. The minimum absolute atomic E-state index is 0.149. The van der Waals surface area contributed by atoms with Crippen LogP contribution in [-0.4, -0.2) is 12.7 Å². The van der Waals surface area contributed by atoms with Gasteiger partial charge in [-0.1, -0.05) is 38.1 Å². The molecule has 0 spiro atoms. The van der Waals surface area contributed by atoms with E-state index in [4.69, 9.17) is 10.5 Å². The first-order chi connectivity index (χ1) is 9.15. The van der Waals surface area contributed by atoms with Crippen molar-refractivity contribution in [2.45, 2.75) is 58.1 Å². The molecule has 2 nitrogen and oxygen atoms in total. The first-order valence-corrected chi connectivity index (χ1v) is 7.61. The highest BCUT2D eigenvalue weighted by atomic mass is 16.5. The van der Waals surface area contributed by atoms with E-state index < -0.39 is 0 Å². The average Bonchev–Trinajstić information content (AvgIpc) is 2.88. The molecule has 2 N–H and O–H groups in total. The second kappa shape index (κ2) is 7.06. The summed E-state index contributed by atoms with van der Waals surface area (Å²) in [5, 5.41) is 0. The van der Waals surface area contributed by atoms with Crippen LogP contribution in [-0.2, 0) is 11.2 Å². The van der Waals surface area contributed by atoms with E-state index in [1.807, 2.05) is 0 Å². The Labute approximate surface area is 117 Å². The van der Waals surface area contributed by atoms with Crippen LogP contribution in [0.5, 0.6) is 0 Å². The van der Waals surface area contributed by atoms with E-state index in [0.717, 1.165) is 25.9 Å². The van der Waals surface area contributed by atoms with Crippen LogP contribution in [0.3, 0.4) is 0 Å². The molecule has 19 heavy (non-hydrogen) atoms. The lowest BCUT2D eigenvalue weighted by atomic mass is 9.95. The Morgan fingerprint density at radius 3 is 2.89 bits per heavy atom. The number of rotatable bonds is 6. The Hall–Kier alpha value is -0.860. The highest BCUT2D eigenvalue weighted by molar-refractivity contribution is 5.26. The van der Waals surface area contributed by atoms with E-state index in [-0.39, 0.29) is 6.04 Å². The Morgan fingerprint density at radius 2 is 2.21 bits per heavy atom. The van der Waals surface area contributed by atoms with Crippen molar-refractivity contribution in [3.05, 3.63) is 35.4 Å². The zero-order valence-electron chi connectivity index (χ0n) is 12.3. The van der Waals surface area contributed by atoms with E-state index in [1.165, 1.54) is 24.0 Å². The fraction of sp³-hybridized carbons (Fsp3) is 0.647. The van der Waals surface area contributed by atoms with Crippen molar-refractivity contribution in [2.75, 3.05) is 6.61 Å². The third kappa shape index (κ3) is 4.63. The van der Waals surface area contributed by atoms with Gasteiger partial charge in [0.25, 0.3) is 0 Å². The van der Waals surface area contributed by atoms with Gasteiger partial charge in [-0.05, 0) is 49.1 Å². The molecule has 2 rings (SSSR count). The van der Waals surface area contributed by atoms with Crippen LogP contribution in [0.25, 0.3) is 0 Å². The second-order valence-corrected chi connectivity index (χ2v) is 6.16. The maximum absolute atomic E-state index is 6.32. The summed E-state index contributed by atoms with van der Waals surface area (Å²) in [5.74, 6) is 0.693. The summed E-state index contributed by atoms with van der Waals surface area (Å²) in [5.41, 5.74) is 8.99. The van der Waals surface area contributed by atoms with Crippen LogP contribution in [0.4, 0.5) is 0 Å². The van der Waals surface area contributed by atoms with Gasteiger partial charge in [0.15, 0.2) is 0 Å². The molecule has 2 atom stereocenters. The van der Waals surface area contributed by atoms with Gasteiger partial charge in [0.1, 0.15) is 0 Å². The molecule has 1 aromatic carbocycles. The summed E-state index contributed by atoms with van der Waals surface area (Å²) in [7, 11) is 0. The van der Waals surface area contributed by atoms with Crippen LogP contribution >= 0.6 is 0 Å². The number of benzene rings is 1. The van der Waals surface area contributed by atoms with E-state index >= 15 is 0 Å². The van der Waals surface area contributed by atoms with Crippen molar-refractivity contribution >= 4 is 0 Å². The van der Waals surface area contributed by atoms with Gasteiger partial charge in [-0.2, -0.15) is 0 Å². The van der Waals surface area contributed by atoms with Gasteiger partial charge in [0.05, 0.1) is 6.10 Å². The van der Waals surface area contributed by atoms with Gasteiger partial charge >= 0.3 is 0 Å². The molecule has 0 saturated carbocycles. The number of ether oxygens (including phenoxy) is 1. The lowest BCUT2D eigenvalue weighted by molar-refractivity contribution is 0.101. The molecule has 1 saturated heterocycles. The second-order valence-electron chi connectivity index (χ2n) is 6.16. The van der Waals surface area contributed by atoms with Crippen molar-refractivity contribution in [3.8, 4) is 0 Å². The first-order valence-electron chi connectivity index (χ1n) is 7.61. The minimum Gasteiger partial charge on any atom is -0.378 e. The monoisotopic (exact) mass is 261 g/mol. The predicted octanol–water partition coefficient (Wildman–Crippen LogP) is 3.84. The van der Waals surface area contributed by atoms with Gasteiger partial charge in [-0.15, -0.1) is 0 Å². The van der Waals surface area contributed by atoms with Gasteiger partial charge in [0, 0.05) is 12.6 Å². The number of nitrogens with two attached hydrogens (primary N) is 1. The third-order valence-corrected chi connectivity index (χ3v) is 3.85. The molecular formula is C17H27NO. The van der Waals surface area contributed by atoms with Crippen LogP contribution in [0.2, 0.25) is 0 Å². The van der Waals surface area contributed by atoms with Crippen molar-refractivity contribution in [1.29, 1.82) is 0 Å². The van der Waals surface area contributed by atoms with E-state index in [0.29, 0.717) is 12.0 Å².